The van der Waals surface area contributed by atoms with Crippen LogP contribution in [0.4, 0.5) is 0 Å². The Morgan fingerprint density at radius 1 is 1.23 bits per heavy atom. The van der Waals surface area contributed by atoms with Crippen LogP contribution in [0.15, 0.2) is 61.9 Å². The zero-order valence-electron chi connectivity index (χ0n) is 12.4. The summed E-state index contributed by atoms with van der Waals surface area (Å²) in [6.07, 6.45) is 6.29. The van der Waals surface area contributed by atoms with Crippen LogP contribution < -0.4 is 5.11 Å². The molecule has 1 heterocycles. The van der Waals surface area contributed by atoms with Crippen molar-refractivity contribution >= 4 is 27.1 Å². The molecule has 1 aliphatic rings. The third-order valence-electron chi connectivity index (χ3n) is 3.14. The molecule has 0 radical (unpaired) electrons. The van der Waals surface area contributed by atoms with E-state index < -0.39 is 10.0 Å². The summed E-state index contributed by atoms with van der Waals surface area (Å²) < 4.78 is 28.1. The van der Waals surface area contributed by atoms with Gasteiger partial charge in [-0.25, -0.2) is 0 Å². The smallest absolute Gasteiger partial charge is 0.292 e. The van der Waals surface area contributed by atoms with Crippen molar-refractivity contribution in [1.29, 1.82) is 0 Å². The third kappa shape index (κ3) is 3.66. The molecule has 2 rings (SSSR count). The molecule has 0 saturated heterocycles. The fourth-order valence-electron chi connectivity index (χ4n) is 1.95. The number of nitrogens with zero attached hydrogens (tertiary/aromatic N) is 2. The molecule has 0 aliphatic heterocycles. The summed E-state index contributed by atoms with van der Waals surface area (Å²) in [5.74, 6) is -0.0716. The molecule has 0 N–H and O–H groups in total. The van der Waals surface area contributed by atoms with E-state index in [0.29, 0.717) is 24.4 Å². The van der Waals surface area contributed by atoms with Crippen LogP contribution in [-0.2, 0) is 10.0 Å². The molecule has 0 saturated carbocycles. The second kappa shape index (κ2) is 6.93. The number of hydrogen-bond donors (Lipinski definition) is 0. The Balaban J connectivity index is 2.24. The lowest BCUT2D eigenvalue weighted by atomic mass is 10.1. The summed E-state index contributed by atoms with van der Waals surface area (Å²) in [5, 5.41) is 13.9. The average Bonchev–Trinajstić information content (AvgIpc) is 3.04. The topological polar surface area (TPSA) is 72.8 Å². The number of thiophene rings is 1. The van der Waals surface area contributed by atoms with Gasteiger partial charge in [0.15, 0.2) is 0 Å². The minimum atomic E-state index is -3.68. The van der Waals surface area contributed by atoms with Gasteiger partial charge in [-0.15, -0.1) is 11.3 Å². The molecule has 0 bridgehead atoms. The fraction of sp³-hybridized carbons (Fsp3) is 0.267. The van der Waals surface area contributed by atoms with Crippen LogP contribution in [0.2, 0.25) is 0 Å². The van der Waals surface area contributed by atoms with Crippen molar-refractivity contribution in [3.8, 4) is 0 Å². The molecule has 7 heteroatoms. The van der Waals surface area contributed by atoms with Crippen LogP contribution >= 0.6 is 11.3 Å². The first-order valence-corrected chi connectivity index (χ1v) is 9.20. The Hall–Kier alpha value is -1.86. The van der Waals surface area contributed by atoms with Crippen molar-refractivity contribution in [2.24, 2.45) is 4.40 Å². The van der Waals surface area contributed by atoms with Crippen molar-refractivity contribution < 1.29 is 13.5 Å². The summed E-state index contributed by atoms with van der Waals surface area (Å²) >= 11 is 1.12. The van der Waals surface area contributed by atoms with Gasteiger partial charge in [-0.3, -0.25) is 0 Å². The predicted octanol–water partition coefficient (Wildman–Crippen LogP) is 1.92. The lowest BCUT2D eigenvalue weighted by Gasteiger charge is -2.30. The molecule has 1 aliphatic carbocycles. The van der Waals surface area contributed by atoms with Crippen molar-refractivity contribution in [3.63, 3.8) is 0 Å². The van der Waals surface area contributed by atoms with Crippen molar-refractivity contribution in [3.05, 3.63) is 53.3 Å². The van der Waals surface area contributed by atoms with Crippen molar-refractivity contribution in [1.82, 2.24) is 4.90 Å². The molecule has 0 aromatic carbocycles. The number of sulfonamides is 1. The second-order valence-electron chi connectivity index (χ2n) is 4.52. The molecule has 22 heavy (non-hydrogen) atoms. The summed E-state index contributed by atoms with van der Waals surface area (Å²) in [7, 11) is -3.68. The van der Waals surface area contributed by atoms with E-state index in [4.69, 9.17) is 0 Å². The van der Waals surface area contributed by atoms with Gasteiger partial charge in [0.25, 0.3) is 10.0 Å². The molecule has 5 nitrogen and oxygen atoms in total. The highest BCUT2D eigenvalue weighted by Crippen LogP contribution is 2.20. The van der Waals surface area contributed by atoms with Crippen LogP contribution in [0, 0.1) is 0 Å². The second-order valence-corrected chi connectivity index (χ2v) is 7.30. The highest BCUT2D eigenvalue weighted by molar-refractivity contribution is 7.92. The first-order valence-electron chi connectivity index (χ1n) is 6.88. The highest BCUT2D eigenvalue weighted by atomic mass is 32.2. The normalized spacial score (nSPS) is 14.3. The molecule has 0 unspecified atom stereocenters. The Labute approximate surface area is 134 Å². The summed E-state index contributed by atoms with van der Waals surface area (Å²) in [6, 6.07) is 3.18. The van der Waals surface area contributed by atoms with Gasteiger partial charge in [-0.05, 0) is 48.9 Å². The Morgan fingerprint density at radius 2 is 1.86 bits per heavy atom. The summed E-state index contributed by atoms with van der Waals surface area (Å²) in [6.45, 7) is 5.10. The maximum absolute atomic E-state index is 12.2. The number of allylic oxidation sites excluding steroid dienone is 5. The number of hydrogen-bond acceptors (Lipinski definition) is 5. The Morgan fingerprint density at radius 3 is 2.36 bits per heavy atom. The van der Waals surface area contributed by atoms with E-state index in [1.165, 1.54) is 6.07 Å². The lowest BCUT2D eigenvalue weighted by molar-refractivity contribution is -0.333. The highest BCUT2D eigenvalue weighted by Gasteiger charge is 2.14. The van der Waals surface area contributed by atoms with Gasteiger partial charge in [0.05, 0.1) is 5.71 Å². The standard InChI is InChI=1S/C15H18N2O3S2/c1-3-17(4-2)15(18)12-7-9-13(10-8-12)16-22(19,20)14-6-5-11-21-14/h5-11,18H,3-4H2,1-2H3/p-1. The van der Waals surface area contributed by atoms with E-state index >= 15 is 0 Å². The Bertz CT molecular complexity index is 720. The molecule has 1 aromatic heterocycles. The third-order valence-corrected chi connectivity index (χ3v) is 5.82. The van der Waals surface area contributed by atoms with E-state index in [1.54, 1.807) is 40.7 Å². The first kappa shape index (κ1) is 16.5. The van der Waals surface area contributed by atoms with Gasteiger partial charge in [-0.1, -0.05) is 18.2 Å². The van der Waals surface area contributed by atoms with Gasteiger partial charge in [-0.2, -0.15) is 12.8 Å². The summed E-state index contributed by atoms with van der Waals surface area (Å²) in [4.78, 5) is 1.70. The van der Waals surface area contributed by atoms with Crippen LogP contribution in [-0.4, -0.2) is 32.1 Å². The van der Waals surface area contributed by atoms with Gasteiger partial charge in [0.2, 0.25) is 0 Å². The monoisotopic (exact) mass is 337 g/mol. The maximum atomic E-state index is 12.2. The number of rotatable bonds is 5. The molecule has 0 atom stereocenters. The van der Waals surface area contributed by atoms with E-state index in [2.05, 4.69) is 4.40 Å². The van der Waals surface area contributed by atoms with Crippen LogP contribution in [0.3, 0.4) is 0 Å². The molecular weight excluding hydrogens is 320 g/mol. The SMILES string of the molecule is CCN(CC)C([O-])=C1C=CC(=NS(=O)(=O)c2cccs2)C=C1. The molecule has 0 spiro atoms. The van der Waals surface area contributed by atoms with E-state index in [1.807, 2.05) is 13.8 Å². The fourth-order valence-corrected chi connectivity index (χ4v) is 3.91. The van der Waals surface area contributed by atoms with Crippen LogP contribution in [0.25, 0.3) is 0 Å². The van der Waals surface area contributed by atoms with E-state index in [0.717, 1.165) is 11.3 Å². The van der Waals surface area contributed by atoms with E-state index in [9.17, 15) is 13.5 Å². The zero-order chi connectivity index (χ0) is 16.2. The van der Waals surface area contributed by atoms with Gasteiger partial charge in [0, 0.05) is 13.1 Å². The first-order chi connectivity index (χ1) is 10.5. The molecule has 1 aromatic rings. The summed E-state index contributed by atoms with van der Waals surface area (Å²) in [5.41, 5.74) is 0.834. The lowest BCUT2D eigenvalue weighted by Crippen LogP contribution is -2.31. The van der Waals surface area contributed by atoms with Crippen LogP contribution in [0.5, 0.6) is 0 Å². The van der Waals surface area contributed by atoms with E-state index in [-0.39, 0.29) is 10.1 Å². The van der Waals surface area contributed by atoms with Crippen LogP contribution in [0.1, 0.15) is 13.8 Å². The van der Waals surface area contributed by atoms with Gasteiger partial charge in [0.1, 0.15) is 4.21 Å². The Kier molecular flexibility index (Phi) is 5.20. The molecule has 0 amide bonds. The molecule has 118 valence electrons. The van der Waals surface area contributed by atoms with Gasteiger partial charge < -0.3 is 10.0 Å². The average molecular weight is 337 g/mol. The minimum absolute atomic E-state index is 0.0716. The minimum Gasteiger partial charge on any atom is -0.860 e. The molecular formula is C15H17N2O3S2-. The predicted molar refractivity (Wildman–Crippen MR) is 87.2 cm³/mol. The largest absolute Gasteiger partial charge is 0.860 e. The van der Waals surface area contributed by atoms with Gasteiger partial charge >= 0.3 is 0 Å². The van der Waals surface area contributed by atoms with Crippen molar-refractivity contribution in [2.75, 3.05) is 13.1 Å². The zero-order valence-corrected chi connectivity index (χ0v) is 14.0. The molecule has 0 fully saturated rings. The van der Waals surface area contributed by atoms with Crippen molar-refractivity contribution in [2.45, 2.75) is 18.1 Å². The maximum Gasteiger partial charge on any atom is 0.292 e. The quantitative estimate of drug-likeness (QED) is 0.770.